The average Bonchev–Trinajstić information content (AvgIpc) is 2.54. The number of nitrogens with two attached hydrogens (primary N) is 2. The Labute approximate surface area is 134 Å². The maximum Gasteiger partial charge on any atom is 0.148 e. The molecule has 0 bridgehead atoms. The van der Waals surface area contributed by atoms with Crippen LogP contribution in [0.1, 0.15) is 5.56 Å². The van der Waals surface area contributed by atoms with Crippen molar-refractivity contribution in [3.05, 3.63) is 29.8 Å². The summed E-state index contributed by atoms with van der Waals surface area (Å²) < 4.78 is 15.7. The van der Waals surface area contributed by atoms with Crippen molar-refractivity contribution < 1.29 is 14.2 Å². The fourth-order valence-electron chi connectivity index (χ4n) is 2.08. The van der Waals surface area contributed by atoms with Gasteiger partial charge in [0.1, 0.15) is 22.9 Å². The smallest absolute Gasteiger partial charge is 0.148 e. The lowest BCUT2D eigenvalue weighted by Gasteiger charge is -2.10. The van der Waals surface area contributed by atoms with E-state index in [1.165, 1.54) is 14.2 Å². The Kier molecular flexibility index (Phi) is 4.90. The first-order chi connectivity index (χ1) is 11.0. The second-order valence-electron chi connectivity index (χ2n) is 4.85. The zero-order valence-electron chi connectivity index (χ0n) is 13.6. The molecule has 0 unspecified atom stereocenters. The Balaban J connectivity index is 2.44. The molecule has 2 aromatic carbocycles. The van der Waals surface area contributed by atoms with E-state index in [-0.39, 0.29) is 0 Å². The number of anilines is 2. The summed E-state index contributed by atoms with van der Waals surface area (Å²) in [6.45, 7) is 1.89. The highest BCUT2D eigenvalue weighted by Crippen LogP contribution is 2.38. The molecule has 0 aliphatic rings. The quantitative estimate of drug-likeness (QED) is 0.647. The van der Waals surface area contributed by atoms with Crippen LogP contribution in [-0.2, 0) is 0 Å². The zero-order valence-corrected chi connectivity index (χ0v) is 13.6. The van der Waals surface area contributed by atoms with Crippen molar-refractivity contribution in [2.24, 2.45) is 10.2 Å². The van der Waals surface area contributed by atoms with Gasteiger partial charge in [0, 0.05) is 18.2 Å². The number of methoxy groups -OCH3 is 3. The molecular formula is C16H20N4O3. The van der Waals surface area contributed by atoms with Gasteiger partial charge in [-0.05, 0) is 18.6 Å². The van der Waals surface area contributed by atoms with Crippen LogP contribution in [0.4, 0.5) is 22.7 Å². The molecule has 0 saturated carbocycles. The first-order valence-electron chi connectivity index (χ1n) is 6.87. The second-order valence-corrected chi connectivity index (χ2v) is 4.85. The van der Waals surface area contributed by atoms with Crippen LogP contribution in [-0.4, -0.2) is 21.3 Å². The lowest BCUT2D eigenvalue weighted by molar-refractivity contribution is 0.406. The van der Waals surface area contributed by atoms with Gasteiger partial charge in [0.05, 0.1) is 38.4 Å². The minimum Gasteiger partial charge on any atom is -0.495 e. The van der Waals surface area contributed by atoms with Crippen LogP contribution in [0.25, 0.3) is 0 Å². The number of nitrogen functional groups attached to an aromatic ring is 2. The number of nitrogens with zero attached hydrogens (tertiary/aromatic N) is 2. The number of hydrogen-bond donors (Lipinski definition) is 2. The van der Waals surface area contributed by atoms with Gasteiger partial charge in [0.2, 0.25) is 0 Å². The molecule has 0 fully saturated rings. The van der Waals surface area contributed by atoms with Crippen LogP contribution >= 0.6 is 0 Å². The van der Waals surface area contributed by atoms with E-state index in [1.54, 1.807) is 31.4 Å². The van der Waals surface area contributed by atoms with Crippen molar-refractivity contribution in [1.29, 1.82) is 0 Å². The van der Waals surface area contributed by atoms with Gasteiger partial charge < -0.3 is 25.7 Å². The summed E-state index contributed by atoms with van der Waals surface area (Å²) in [5, 5.41) is 8.48. The highest BCUT2D eigenvalue weighted by molar-refractivity contribution is 5.67. The summed E-state index contributed by atoms with van der Waals surface area (Å²) in [6.07, 6.45) is 0. The van der Waals surface area contributed by atoms with Crippen molar-refractivity contribution in [2.45, 2.75) is 6.92 Å². The Bertz CT molecular complexity index is 745. The van der Waals surface area contributed by atoms with Crippen molar-refractivity contribution >= 4 is 22.7 Å². The molecule has 23 heavy (non-hydrogen) atoms. The monoisotopic (exact) mass is 316 g/mol. The van der Waals surface area contributed by atoms with Crippen LogP contribution in [0.2, 0.25) is 0 Å². The lowest BCUT2D eigenvalue weighted by Crippen LogP contribution is -1.94. The topological polar surface area (TPSA) is 104 Å². The van der Waals surface area contributed by atoms with Gasteiger partial charge in [-0.2, -0.15) is 5.11 Å². The van der Waals surface area contributed by atoms with Crippen LogP contribution < -0.4 is 25.7 Å². The van der Waals surface area contributed by atoms with Crippen LogP contribution in [0.15, 0.2) is 34.5 Å². The van der Waals surface area contributed by atoms with E-state index >= 15 is 0 Å². The number of aryl methyl sites for hydroxylation is 1. The molecule has 0 aliphatic carbocycles. The molecule has 0 heterocycles. The normalized spacial score (nSPS) is 10.8. The third-order valence-electron chi connectivity index (χ3n) is 3.34. The lowest BCUT2D eigenvalue weighted by atomic mass is 10.1. The highest BCUT2D eigenvalue weighted by atomic mass is 16.5. The van der Waals surface area contributed by atoms with E-state index in [4.69, 9.17) is 25.7 Å². The van der Waals surface area contributed by atoms with E-state index in [9.17, 15) is 0 Å². The molecule has 122 valence electrons. The first-order valence-corrected chi connectivity index (χ1v) is 6.87. The van der Waals surface area contributed by atoms with Gasteiger partial charge in [-0.25, -0.2) is 0 Å². The SMILES string of the molecule is COc1cc(N=Nc2cc(OC)c(N)cc2OC)c(C)cc1N. The van der Waals surface area contributed by atoms with Gasteiger partial charge in [0.25, 0.3) is 0 Å². The minimum atomic E-state index is 0.466. The Hall–Kier alpha value is -2.96. The number of benzene rings is 2. The summed E-state index contributed by atoms with van der Waals surface area (Å²) >= 11 is 0. The summed E-state index contributed by atoms with van der Waals surface area (Å²) in [6, 6.07) is 6.83. The van der Waals surface area contributed by atoms with E-state index in [1.807, 2.05) is 6.92 Å². The van der Waals surface area contributed by atoms with Crippen LogP contribution in [0.3, 0.4) is 0 Å². The largest absolute Gasteiger partial charge is 0.495 e. The maximum absolute atomic E-state index is 5.86. The summed E-state index contributed by atoms with van der Waals surface area (Å²) in [5.41, 5.74) is 14.8. The van der Waals surface area contributed by atoms with Crippen molar-refractivity contribution in [3.8, 4) is 17.2 Å². The third kappa shape index (κ3) is 3.45. The maximum atomic E-state index is 5.86. The van der Waals surface area contributed by atoms with Crippen molar-refractivity contribution in [2.75, 3.05) is 32.8 Å². The van der Waals surface area contributed by atoms with Crippen LogP contribution in [0.5, 0.6) is 17.2 Å². The molecule has 4 N–H and O–H groups in total. The Morgan fingerprint density at radius 3 is 1.74 bits per heavy atom. The van der Waals surface area contributed by atoms with Gasteiger partial charge >= 0.3 is 0 Å². The predicted octanol–water partition coefficient (Wildman–Crippen LogP) is 3.60. The van der Waals surface area contributed by atoms with Gasteiger partial charge in [-0.15, -0.1) is 5.11 Å². The molecule has 0 saturated heterocycles. The van der Waals surface area contributed by atoms with Crippen molar-refractivity contribution in [3.63, 3.8) is 0 Å². The molecule has 2 rings (SSSR count). The van der Waals surface area contributed by atoms with Crippen molar-refractivity contribution in [1.82, 2.24) is 0 Å². The van der Waals surface area contributed by atoms with Gasteiger partial charge in [-0.1, -0.05) is 0 Å². The average molecular weight is 316 g/mol. The van der Waals surface area contributed by atoms with E-state index < -0.39 is 0 Å². The second kappa shape index (κ2) is 6.87. The zero-order chi connectivity index (χ0) is 17.0. The van der Waals surface area contributed by atoms with E-state index in [0.717, 1.165) is 5.56 Å². The van der Waals surface area contributed by atoms with Gasteiger partial charge in [-0.3, -0.25) is 0 Å². The number of ether oxygens (including phenoxy) is 3. The molecule has 2 aromatic rings. The standard InChI is InChI=1S/C16H20N4O3/c1-9-5-10(17)14(21-2)7-12(9)19-20-13-8-15(22-3)11(18)6-16(13)23-4/h5-8H,17-18H2,1-4H3. The van der Waals surface area contributed by atoms with E-state index in [0.29, 0.717) is 40.0 Å². The molecule has 0 aromatic heterocycles. The molecule has 7 heteroatoms. The van der Waals surface area contributed by atoms with E-state index in [2.05, 4.69) is 10.2 Å². The number of hydrogen-bond acceptors (Lipinski definition) is 7. The van der Waals surface area contributed by atoms with Crippen LogP contribution in [0, 0.1) is 6.92 Å². The molecule has 7 nitrogen and oxygen atoms in total. The minimum absolute atomic E-state index is 0.466. The molecule has 0 radical (unpaired) electrons. The summed E-state index contributed by atoms with van der Waals surface area (Å²) in [5.74, 6) is 1.56. The van der Waals surface area contributed by atoms with Gasteiger partial charge in [0.15, 0.2) is 0 Å². The molecule has 0 aliphatic heterocycles. The summed E-state index contributed by atoms with van der Waals surface area (Å²) in [7, 11) is 4.63. The molecule has 0 amide bonds. The first kappa shape index (κ1) is 16.4. The molecule has 0 spiro atoms. The highest BCUT2D eigenvalue weighted by Gasteiger charge is 2.10. The molecular weight excluding hydrogens is 296 g/mol. The number of azo groups is 1. The fraction of sp³-hybridized carbons (Fsp3) is 0.250. The number of rotatable bonds is 5. The fourth-order valence-corrected chi connectivity index (χ4v) is 2.08. The third-order valence-corrected chi connectivity index (χ3v) is 3.34. The summed E-state index contributed by atoms with van der Waals surface area (Å²) in [4.78, 5) is 0. The Morgan fingerprint density at radius 2 is 1.17 bits per heavy atom. The predicted molar refractivity (Wildman–Crippen MR) is 90.3 cm³/mol. The Morgan fingerprint density at radius 1 is 0.696 bits per heavy atom. The molecule has 0 atom stereocenters.